The number of amides is 2. The zero-order valence-electron chi connectivity index (χ0n) is 13.2. The van der Waals surface area contributed by atoms with Crippen molar-refractivity contribution in [3.63, 3.8) is 0 Å². The molecule has 3 aliphatic heterocycles. The molecule has 21 heavy (non-hydrogen) atoms. The predicted molar refractivity (Wildman–Crippen MR) is 80.8 cm³/mol. The van der Waals surface area contributed by atoms with E-state index in [1.54, 1.807) is 0 Å². The molecular weight excluding hydrogens is 266 g/mol. The fraction of sp³-hybridized carbons (Fsp3) is 0.875. The van der Waals surface area contributed by atoms with Crippen LogP contribution >= 0.6 is 0 Å². The summed E-state index contributed by atoms with van der Waals surface area (Å²) in [5.41, 5.74) is -0.722. The Morgan fingerprint density at radius 3 is 2.76 bits per heavy atom. The normalized spacial score (nSPS) is 38.1. The molecule has 0 radical (unpaired) electrons. The molecule has 3 rings (SSSR count). The van der Waals surface area contributed by atoms with E-state index in [1.165, 1.54) is 19.4 Å². The van der Waals surface area contributed by atoms with Crippen LogP contribution in [0.25, 0.3) is 0 Å². The van der Waals surface area contributed by atoms with Crippen LogP contribution in [0.4, 0.5) is 0 Å². The van der Waals surface area contributed by atoms with E-state index in [2.05, 4.69) is 10.2 Å². The van der Waals surface area contributed by atoms with Crippen LogP contribution in [-0.4, -0.2) is 58.9 Å². The monoisotopic (exact) mass is 293 g/mol. The largest absolute Gasteiger partial charge is 0.342 e. The van der Waals surface area contributed by atoms with Crippen molar-refractivity contribution in [3.05, 3.63) is 0 Å². The van der Waals surface area contributed by atoms with E-state index in [0.29, 0.717) is 31.5 Å². The molecule has 1 N–H and O–H groups in total. The third-order valence-corrected chi connectivity index (χ3v) is 5.67. The molecular formula is C16H27N3O2. The number of piperidine rings is 1. The highest BCUT2D eigenvalue weighted by Crippen LogP contribution is 2.31. The lowest BCUT2D eigenvalue weighted by Crippen LogP contribution is -2.58. The maximum atomic E-state index is 12.9. The summed E-state index contributed by atoms with van der Waals surface area (Å²) in [5.74, 6) is 0.126. The third-order valence-electron chi connectivity index (χ3n) is 5.67. The Kier molecular flexibility index (Phi) is 3.95. The summed E-state index contributed by atoms with van der Waals surface area (Å²) in [6, 6.07) is 0.965. The van der Waals surface area contributed by atoms with E-state index < -0.39 is 5.54 Å². The van der Waals surface area contributed by atoms with Crippen LogP contribution in [0.1, 0.15) is 52.4 Å². The third kappa shape index (κ3) is 2.68. The molecule has 0 aromatic heterocycles. The van der Waals surface area contributed by atoms with Gasteiger partial charge in [0.25, 0.3) is 0 Å². The number of hydrogen-bond acceptors (Lipinski definition) is 3. The second-order valence-corrected chi connectivity index (χ2v) is 6.99. The highest BCUT2D eigenvalue weighted by atomic mass is 16.2. The van der Waals surface area contributed by atoms with Crippen LogP contribution < -0.4 is 5.32 Å². The van der Waals surface area contributed by atoms with Gasteiger partial charge in [-0.3, -0.25) is 9.59 Å². The second kappa shape index (κ2) is 5.59. The summed E-state index contributed by atoms with van der Waals surface area (Å²) in [6.45, 7) is 6.75. The van der Waals surface area contributed by atoms with E-state index in [-0.39, 0.29) is 11.8 Å². The van der Waals surface area contributed by atoms with Gasteiger partial charge in [0.05, 0.1) is 0 Å². The number of carbonyl (C=O) groups is 2. The first kappa shape index (κ1) is 14.8. The molecule has 118 valence electrons. The lowest BCUT2D eigenvalue weighted by molar-refractivity contribution is -0.141. The van der Waals surface area contributed by atoms with Crippen molar-refractivity contribution in [2.45, 2.75) is 70.0 Å². The minimum absolute atomic E-state index is 0.00787. The van der Waals surface area contributed by atoms with Crippen molar-refractivity contribution < 1.29 is 9.59 Å². The minimum atomic E-state index is -0.722. The molecule has 3 aliphatic rings. The highest BCUT2D eigenvalue weighted by Gasteiger charge is 2.43. The van der Waals surface area contributed by atoms with Crippen LogP contribution in [0, 0.1) is 0 Å². The van der Waals surface area contributed by atoms with Crippen molar-refractivity contribution in [1.29, 1.82) is 0 Å². The molecule has 0 aliphatic carbocycles. The number of fused-ring (bicyclic) bond motifs is 1. The lowest BCUT2D eigenvalue weighted by atomic mass is 9.92. The predicted octanol–water partition coefficient (Wildman–Crippen LogP) is 1.13. The van der Waals surface area contributed by atoms with Crippen molar-refractivity contribution >= 4 is 11.8 Å². The Morgan fingerprint density at radius 1 is 1.19 bits per heavy atom. The molecule has 0 saturated carbocycles. The van der Waals surface area contributed by atoms with Gasteiger partial charge in [-0.15, -0.1) is 0 Å². The smallest absolute Gasteiger partial charge is 0.248 e. The van der Waals surface area contributed by atoms with E-state index in [1.807, 2.05) is 18.7 Å². The first-order chi connectivity index (χ1) is 10.0. The minimum Gasteiger partial charge on any atom is -0.342 e. The van der Waals surface area contributed by atoms with E-state index in [9.17, 15) is 9.59 Å². The average molecular weight is 293 g/mol. The maximum absolute atomic E-state index is 12.9. The Morgan fingerprint density at radius 2 is 2.00 bits per heavy atom. The molecule has 3 unspecified atom stereocenters. The van der Waals surface area contributed by atoms with Gasteiger partial charge in [0, 0.05) is 31.6 Å². The van der Waals surface area contributed by atoms with Gasteiger partial charge >= 0.3 is 0 Å². The zero-order chi connectivity index (χ0) is 15.0. The molecule has 3 atom stereocenters. The van der Waals surface area contributed by atoms with E-state index >= 15 is 0 Å². The van der Waals surface area contributed by atoms with Crippen molar-refractivity contribution in [3.8, 4) is 0 Å². The molecule has 2 amide bonds. The van der Waals surface area contributed by atoms with Crippen molar-refractivity contribution in [1.82, 2.24) is 15.1 Å². The van der Waals surface area contributed by atoms with Gasteiger partial charge in [0.2, 0.25) is 11.8 Å². The molecule has 3 fully saturated rings. The van der Waals surface area contributed by atoms with E-state index in [4.69, 9.17) is 0 Å². The number of nitrogens with zero attached hydrogens (tertiary/aromatic N) is 2. The Balaban J connectivity index is 1.76. The van der Waals surface area contributed by atoms with Crippen LogP contribution in [0.2, 0.25) is 0 Å². The van der Waals surface area contributed by atoms with E-state index in [0.717, 1.165) is 19.4 Å². The quantitative estimate of drug-likeness (QED) is 0.830. The summed E-state index contributed by atoms with van der Waals surface area (Å²) in [6.07, 6.45) is 5.78. The average Bonchev–Trinajstić information content (AvgIpc) is 2.90. The van der Waals surface area contributed by atoms with Crippen molar-refractivity contribution in [2.75, 3.05) is 19.6 Å². The molecule has 0 bridgehead atoms. The first-order valence-corrected chi connectivity index (χ1v) is 8.39. The summed E-state index contributed by atoms with van der Waals surface area (Å²) in [5, 5.41) is 2.93. The van der Waals surface area contributed by atoms with Crippen LogP contribution in [0.15, 0.2) is 0 Å². The summed E-state index contributed by atoms with van der Waals surface area (Å²) >= 11 is 0. The van der Waals surface area contributed by atoms with Crippen LogP contribution in [-0.2, 0) is 9.59 Å². The second-order valence-electron chi connectivity index (χ2n) is 6.99. The molecule has 0 spiro atoms. The number of rotatable bonds is 2. The van der Waals surface area contributed by atoms with Gasteiger partial charge in [0.15, 0.2) is 0 Å². The number of hydrogen-bond donors (Lipinski definition) is 1. The molecule has 5 heteroatoms. The molecule has 5 nitrogen and oxygen atoms in total. The number of carbonyl (C=O) groups excluding carboxylic acids is 2. The fourth-order valence-electron chi connectivity index (χ4n) is 4.14. The van der Waals surface area contributed by atoms with Crippen molar-refractivity contribution in [2.24, 2.45) is 0 Å². The van der Waals surface area contributed by atoms with Gasteiger partial charge in [0.1, 0.15) is 5.54 Å². The Labute approximate surface area is 127 Å². The van der Waals surface area contributed by atoms with Gasteiger partial charge in [-0.1, -0.05) is 6.92 Å². The summed E-state index contributed by atoms with van der Waals surface area (Å²) in [7, 11) is 0. The summed E-state index contributed by atoms with van der Waals surface area (Å²) in [4.78, 5) is 29.4. The number of nitrogens with one attached hydrogen (secondary N) is 1. The van der Waals surface area contributed by atoms with Crippen LogP contribution in [0.3, 0.4) is 0 Å². The molecule has 3 saturated heterocycles. The zero-order valence-corrected chi connectivity index (χ0v) is 13.2. The SMILES string of the molecule is CCC1(C)NC(=O)CCN(C2CCN3CCCC3C2)C1=O. The summed E-state index contributed by atoms with van der Waals surface area (Å²) < 4.78 is 0. The molecule has 0 aromatic carbocycles. The standard InChI is InChI=1S/C16H27N3O2/c1-3-16(2)15(21)19(10-7-14(20)17-16)13-6-9-18-8-4-5-12(18)11-13/h12-13H,3-11H2,1-2H3,(H,17,20). The van der Waals surface area contributed by atoms with Gasteiger partial charge in [-0.2, -0.15) is 0 Å². The molecule has 0 aromatic rings. The van der Waals surface area contributed by atoms with Gasteiger partial charge < -0.3 is 15.1 Å². The first-order valence-electron chi connectivity index (χ1n) is 8.39. The topological polar surface area (TPSA) is 52.7 Å². The maximum Gasteiger partial charge on any atom is 0.248 e. The van der Waals surface area contributed by atoms with Crippen LogP contribution in [0.5, 0.6) is 0 Å². The highest BCUT2D eigenvalue weighted by molar-refractivity contribution is 5.93. The van der Waals surface area contributed by atoms with Gasteiger partial charge in [-0.25, -0.2) is 0 Å². The Hall–Kier alpha value is -1.10. The molecule has 3 heterocycles. The lowest BCUT2D eigenvalue weighted by Gasteiger charge is -2.42. The fourth-order valence-corrected chi connectivity index (χ4v) is 4.14. The Bertz CT molecular complexity index is 439. The van der Waals surface area contributed by atoms with Gasteiger partial charge in [-0.05, 0) is 45.6 Å².